The molecule has 150 valence electrons. The lowest BCUT2D eigenvalue weighted by Gasteiger charge is -2.33. The minimum absolute atomic E-state index is 0.168. The molecule has 28 heavy (non-hydrogen) atoms. The number of ether oxygens (including phenoxy) is 1. The summed E-state index contributed by atoms with van der Waals surface area (Å²) in [4.78, 5) is 13.0. The van der Waals surface area contributed by atoms with Crippen molar-refractivity contribution < 1.29 is 31.1 Å². The normalized spacial score (nSPS) is 16.9. The summed E-state index contributed by atoms with van der Waals surface area (Å²) in [6.07, 6.45) is -5.08. The number of para-hydroxylation sites is 1. The fourth-order valence-corrected chi connectivity index (χ4v) is 4.00. The zero-order chi connectivity index (χ0) is 20.7. The van der Waals surface area contributed by atoms with Crippen LogP contribution in [0.25, 0.3) is 0 Å². The highest BCUT2D eigenvalue weighted by molar-refractivity contribution is 7.92. The summed E-state index contributed by atoms with van der Waals surface area (Å²) >= 11 is 0. The highest BCUT2D eigenvalue weighted by Gasteiger charge is 2.34. The van der Waals surface area contributed by atoms with E-state index in [2.05, 4.69) is 0 Å². The molecule has 1 aliphatic heterocycles. The number of nitrogens with zero attached hydrogens (tertiary/aromatic N) is 1. The van der Waals surface area contributed by atoms with Gasteiger partial charge in [-0.2, -0.15) is 13.2 Å². The lowest BCUT2D eigenvalue weighted by molar-refractivity contribution is -0.136. The fraction of sp³-hybridized carbons (Fsp3) is 0.278. The Bertz CT molecular complexity index is 1020. The number of carbonyl (C=O) groups excluding carboxylic acids is 1. The van der Waals surface area contributed by atoms with E-state index < -0.39 is 27.5 Å². The fourth-order valence-electron chi connectivity index (χ4n) is 2.91. The Kier molecular flexibility index (Phi) is 5.00. The first-order chi connectivity index (χ1) is 13.0. The monoisotopic (exact) mass is 414 g/mol. The van der Waals surface area contributed by atoms with Crippen LogP contribution in [-0.2, 0) is 21.0 Å². The number of alkyl halides is 3. The van der Waals surface area contributed by atoms with Crippen LogP contribution in [-0.4, -0.2) is 27.0 Å². The van der Waals surface area contributed by atoms with Crippen LogP contribution in [0.5, 0.6) is 5.75 Å². The summed E-state index contributed by atoms with van der Waals surface area (Å²) in [5.74, 6) is -0.0647. The van der Waals surface area contributed by atoms with Crippen molar-refractivity contribution in [1.29, 1.82) is 0 Å². The average molecular weight is 414 g/mol. The summed E-state index contributed by atoms with van der Waals surface area (Å²) in [7, 11) is -4.32. The minimum Gasteiger partial charge on any atom is -0.487 e. The van der Waals surface area contributed by atoms with Crippen molar-refractivity contribution in [2.24, 2.45) is 0 Å². The molecule has 6 nitrogen and oxygen atoms in total. The van der Waals surface area contributed by atoms with Crippen molar-refractivity contribution in [3.05, 3.63) is 48.0 Å². The summed E-state index contributed by atoms with van der Waals surface area (Å²) in [5.41, 5.74) is -1.27. The van der Waals surface area contributed by atoms with Crippen molar-refractivity contribution in [2.45, 2.75) is 31.0 Å². The van der Waals surface area contributed by atoms with Gasteiger partial charge >= 0.3 is 6.18 Å². The number of sulfonamides is 1. The van der Waals surface area contributed by atoms with Gasteiger partial charge in [-0.25, -0.2) is 8.42 Å². The molecule has 1 atom stereocenters. The lowest BCUT2D eigenvalue weighted by atomic mass is 10.2. The van der Waals surface area contributed by atoms with Gasteiger partial charge < -0.3 is 9.64 Å². The SMILES string of the molecule is CC(=O)N1CC(C)Oc2cc(S(=O)(=O)Nc3ccccc3C(F)(F)F)ccc21. The molecule has 2 aromatic carbocycles. The minimum atomic E-state index is -4.71. The number of halogens is 3. The van der Waals surface area contributed by atoms with Crippen molar-refractivity contribution in [3.8, 4) is 5.75 Å². The van der Waals surface area contributed by atoms with E-state index >= 15 is 0 Å². The summed E-state index contributed by atoms with van der Waals surface area (Å²) in [5, 5.41) is 0. The van der Waals surface area contributed by atoms with Crippen LogP contribution in [0, 0.1) is 0 Å². The summed E-state index contributed by atoms with van der Waals surface area (Å²) < 4.78 is 72.2. The Morgan fingerprint density at radius 3 is 2.54 bits per heavy atom. The maximum atomic E-state index is 13.1. The Morgan fingerprint density at radius 2 is 1.89 bits per heavy atom. The van der Waals surface area contributed by atoms with Gasteiger partial charge in [-0.3, -0.25) is 9.52 Å². The Hall–Kier alpha value is -2.75. The lowest BCUT2D eigenvalue weighted by Crippen LogP contribution is -2.41. The number of fused-ring (bicyclic) bond motifs is 1. The van der Waals surface area contributed by atoms with Gasteiger partial charge in [-0.1, -0.05) is 12.1 Å². The first kappa shape index (κ1) is 20.0. The molecule has 1 unspecified atom stereocenters. The molecule has 2 aromatic rings. The molecule has 0 fully saturated rings. The predicted molar refractivity (Wildman–Crippen MR) is 96.8 cm³/mol. The molecule has 1 amide bonds. The second kappa shape index (κ2) is 7.01. The van der Waals surface area contributed by atoms with Crippen LogP contribution >= 0.6 is 0 Å². The van der Waals surface area contributed by atoms with Crippen LogP contribution < -0.4 is 14.4 Å². The van der Waals surface area contributed by atoms with Crippen LogP contribution in [0.15, 0.2) is 47.4 Å². The number of hydrogen-bond acceptors (Lipinski definition) is 4. The van der Waals surface area contributed by atoms with E-state index in [-0.39, 0.29) is 22.7 Å². The highest BCUT2D eigenvalue weighted by Crippen LogP contribution is 2.38. The molecule has 1 aliphatic rings. The molecule has 0 saturated carbocycles. The van der Waals surface area contributed by atoms with Gasteiger partial charge in [0.25, 0.3) is 10.0 Å². The third-order valence-corrected chi connectivity index (χ3v) is 5.52. The zero-order valence-corrected chi connectivity index (χ0v) is 15.8. The van der Waals surface area contributed by atoms with E-state index in [9.17, 15) is 26.4 Å². The number of carbonyl (C=O) groups is 1. The molecule has 10 heteroatoms. The van der Waals surface area contributed by atoms with E-state index in [0.717, 1.165) is 12.1 Å². The van der Waals surface area contributed by atoms with E-state index in [1.165, 1.54) is 42.2 Å². The third kappa shape index (κ3) is 3.91. The van der Waals surface area contributed by atoms with Gasteiger partial charge in [0.2, 0.25) is 5.91 Å². The Morgan fingerprint density at radius 1 is 1.21 bits per heavy atom. The average Bonchev–Trinajstić information content (AvgIpc) is 2.59. The summed E-state index contributed by atoms with van der Waals surface area (Å²) in [6, 6.07) is 8.11. The molecule has 0 spiro atoms. The van der Waals surface area contributed by atoms with Gasteiger partial charge in [-0.15, -0.1) is 0 Å². The van der Waals surface area contributed by atoms with Gasteiger partial charge in [0.15, 0.2) is 0 Å². The molecule has 1 heterocycles. The van der Waals surface area contributed by atoms with Crippen LogP contribution in [0.1, 0.15) is 19.4 Å². The smallest absolute Gasteiger partial charge is 0.418 e. The van der Waals surface area contributed by atoms with Crippen molar-refractivity contribution in [2.75, 3.05) is 16.2 Å². The Labute approximate surface area is 160 Å². The topological polar surface area (TPSA) is 75.7 Å². The molecular formula is C18H17F3N2O4S. The van der Waals surface area contributed by atoms with Gasteiger partial charge in [0, 0.05) is 13.0 Å². The van der Waals surface area contributed by atoms with Gasteiger partial charge in [0.05, 0.1) is 28.4 Å². The molecule has 1 N–H and O–H groups in total. The quantitative estimate of drug-likeness (QED) is 0.832. The standard InChI is InChI=1S/C18H17F3N2O4S/c1-11-10-23(12(2)24)16-8-7-13(9-17(16)27-11)28(25,26)22-15-6-4-3-5-14(15)18(19,20)21/h3-9,11,22H,10H2,1-2H3. The third-order valence-electron chi connectivity index (χ3n) is 4.16. The van der Waals surface area contributed by atoms with E-state index in [4.69, 9.17) is 4.74 Å². The maximum absolute atomic E-state index is 13.1. The number of amides is 1. The number of benzene rings is 2. The Balaban J connectivity index is 1.99. The first-order valence-electron chi connectivity index (χ1n) is 8.27. The van der Waals surface area contributed by atoms with E-state index in [1.807, 2.05) is 4.72 Å². The van der Waals surface area contributed by atoms with Crippen molar-refractivity contribution in [1.82, 2.24) is 0 Å². The first-order valence-corrected chi connectivity index (χ1v) is 9.75. The second-order valence-electron chi connectivity index (χ2n) is 6.34. The molecule has 0 radical (unpaired) electrons. The number of hydrogen-bond donors (Lipinski definition) is 1. The highest BCUT2D eigenvalue weighted by atomic mass is 32.2. The van der Waals surface area contributed by atoms with Crippen molar-refractivity contribution >= 4 is 27.3 Å². The van der Waals surface area contributed by atoms with Gasteiger partial charge in [0.1, 0.15) is 11.9 Å². The number of nitrogens with one attached hydrogen (secondary N) is 1. The molecular weight excluding hydrogens is 397 g/mol. The number of rotatable bonds is 3. The molecule has 0 saturated heterocycles. The molecule has 3 rings (SSSR count). The second-order valence-corrected chi connectivity index (χ2v) is 8.02. The largest absolute Gasteiger partial charge is 0.487 e. The van der Waals surface area contributed by atoms with Crippen LogP contribution in [0.4, 0.5) is 24.5 Å². The van der Waals surface area contributed by atoms with E-state index in [1.54, 1.807) is 6.92 Å². The van der Waals surface area contributed by atoms with Crippen LogP contribution in [0.3, 0.4) is 0 Å². The van der Waals surface area contributed by atoms with Crippen LogP contribution in [0.2, 0.25) is 0 Å². The molecule has 0 bridgehead atoms. The summed E-state index contributed by atoms with van der Waals surface area (Å²) in [6.45, 7) is 3.41. The zero-order valence-electron chi connectivity index (χ0n) is 14.9. The van der Waals surface area contributed by atoms with Crippen molar-refractivity contribution in [3.63, 3.8) is 0 Å². The number of anilines is 2. The van der Waals surface area contributed by atoms with E-state index in [0.29, 0.717) is 12.2 Å². The molecule has 0 aliphatic carbocycles. The predicted octanol–water partition coefficient (Wildman–Crippen LogP) is 3.64. The molecule has 0 aromatic heterocycles. The maximum Gasteiger partial charge on any atom is 0.418 e. The van der Waals surface area contributed by atoms with Gasteiger partial charge in [-0.05, 0) is 31.2 Å².